The van der Waals surface area contributed by atoms with Crippen molar-refractivity contribution in [2.45, 2.75) is 12.8 Å². The Hall–Kier alpha value is -2.04. The number of halogens is 2. The first-order chi connectivity index (χ1) is 10.5. The molecule has 2 aromatic rings. The molecule has 0 atom stereocenters. The van der Waals surface area contributed by atoms with Crippen LogP contribution in [0.5, 0.6) is 0 Å². The van der Waals surface area contributed by atoms with Crippen molar-refractivity contribution in [1.82, 2.24) is 10.9 Å². The maximum atomic E-state index is 11.8. The molecule has 114 valence electrons. The lowest BCUT2D eigenvalue weighted by Crippen LogP contribution is -2.43. The number of benzene rings is 2. The molecule has 0 fully saturated rings. The summed E-state index contributed by atoms with van der Waals surface area (Å²) in [7, 11) is 0. The number of carbonyl (C=O) groups excluding carboxylic acids is 2. The molecule has 6 heteroatoms. The number of amides is 2. The Labute approximate surface area is 138 Å². The van der Waals surface area contributed by atoms with Gasteiger partial charge in [0, 0.05) is 10.0 Å². The summed E-state index contributed by atoms with van der Waals surface area (Å²) in [6, 6.07) is 14.2. The molecule has 0 aromatic heterocycles. The number of hydrazine groups is 1. The zero-order valence-electron chi connectivity index (χ0n) is 11.6. The largest absolute Gasteiger partial charge is 0.273 e. The van der Waals surface area contributed by atoms with E-state index < -0.39 is 0 Å². The Morgan fingerprint density at radius 1 is 0.864 bits per heavy atom. The lowest BCUT2D eigenvalue weighted by atomic mass is 10.1. The zero-order valence-corrected chi connectivity index (χ0v) is 13.1. The van der Waals surface area contributed by atoms with E-state index in [0.29, 0.717) is 15.6 Å². The molecular weight excluding hydrogens is 323 g/mol. The van der Waals surface area contributed by atoms with Crippen molar-refractivity contribution < 1.29 is 9.59 Å². The highest BCUT2D eigenvalue weighted by atomic mass is 35.5. The third-order valence-electron chi connectivity index (χ3n) is 2.91. The molecule has 0 spiro atoms. The van der Waals surface area contributed by atoms with Gasteiger partial charge in [-0.1, -0.05) is 59.6 Å². The molecule has 0 aliphatic heterocycles. The molecule has 2 aromatic carbocycles. The monoisotopic (exact) mass is 336 g/mol. The highest BCUT2D eigenvalue weighted by Gasteiger charge is 2.09. The number of hydrogen-bond donors (Lipinski definition) is 2. The zero-order chi connectivity index (χ0) is 15.9. The minimum absolute atomic E-state index is 0.0572. The predicted molar refractivity (Wildman–Crippen MR) is 86.6 cm³/mol. The van der Waals surface area contributed by atoms with Gasteiger partial charge < -0.3 is 0 Å². The van der Waals surface area contributed by atoms with E-state index in [-0.39, 0.29) is 24.7 Å². The van der Waals surface area contributed by atoms with Crippen LogP contribution in [0.1, 0.15) is 11.1 Å². The van der Waals surface area contributed by atoms with Crippen LogP contribution in [0.15, 0.2) is 48.5 Å². The molecule has 4 nitrogen and oxygen atoms in total. The number of nitrogens with one attached hydrogen (secondary N) is 2. The van der Waals surface area contributed by atoms with E-state index >= 15 is 0 Å². The van der Waals surface area contributed by atoms with Crippen molar-refractivity contribution in [3.8, 4) is 0 Å². The Kier molecular flexibility index (Phi) is 5.81. The van der Waals surface area contributed by atoms with Crippen LogP contribution in [0.4, 0.5) is 0 Å². The number of carbonyl (C=O) groups is 2. The average molecular weight is 337 g/mol. The quantitative estimate of drug-likeness (QED) is 0.843. The first-order valence-corrected chi connectivity index (χ1v) is 7.36. The number of rotatable bonds is 4. The minimum Gasteiger partial charge on any atom is -0.273 e. The molecular formula is C16H14Cl2N2O2. The van der Waals surface area contributed by atoms with Gasteiger partial charge in [0.15, 0.2) is 0 Å². The van der Waals surface area contributed by atoms with Crippen LogP contribution in [-0.2, 0) is 22.4 Å². The Balaban J connectivity index is 1.81. The first-order valence-electron chi connectivity index (χ1n) is 6.60. The second-order valence-electron chi connectivity index (χ2n) is 4.67. The van der Waals surface area contributed by atoms with E-state index in [1.807, 2.05) is 30.3 Å². The molecule has 0 aliphatic carbocycles. The fraction of sp³-hybridized carbons (Fsp3) is 0.125. The summed E-state index contributed by atoms with van der Waals surface area (Å²) in [5.74, 6) is -0.646. The second-order valence-corrected chi connectivity index (χ2v) is 5.51. The Bertz CT molecular complexity index is 675. The van der Waals surface area contributed by atoms with Crippen LogP contribution < -0.4 is 10.9 Å². The molecule has 0 radical (unpaired) electrons. The van der Waals surface area contributed by atoms with Crippen LogP contribution in [0.2, 0.25) is 10.0 Å². The summed E-state index contributed by atoms with van der Waals surface area (Å²) in [5.41, 5.74) is 6.25. The lowest BCUT2D eigenvalue weighted by molar-refractivity contribution is -0.128. The van der Waals surface area contributed by atoms with Crippen LogP contribution in [0.25, 0.3) is 0 Å². The molecule has 2 N–H and O–H groups in total. The second kappa shape index (κ2) is 7.82. The fourth-order valence-corrected chi connectivity index (χ4v) is 2.32. The molecule has 0 aliphatic rings. The lowest BCUT2D eigenvalue weighted by Gasteiger charge is -2.08. The van der Waals surface area contributed by atoms with Gasteiger partial charge in [-0.15, -0.1) is 0 Å². The van der Waals surface area contributed by atoms with E-state index in [4.69, 9.17) is 23.2 Å². The minimum atomic E-state index is -0.356. The van der Waals surface area contributed by atoms with Crippen molar-refractivity contribution in [3.05, 3.63) is 69.7 Å². The summed E-state index contributed by atoms with van der Waals surface area (Å²) >= 11 is 11.8. The van der Waals surface area contributed by atoms with Crippen LogP contribution in [-0.4, -0.2) is 11.8 Å². The van der Waals surface area contributed by atoms with Gasteiger partial charge in [-0.05, 0) is 23.3 Å². The SMILES string of the molecule is O=C(Cc1ccccc1)NNC(=O)Cc1ccc(Cl)cc1Cl. The van der Waals surface area contributed by atoms with Gasteiger partial charge in [0.25, 0.3) is 0 Å². The summed E-state index contributed by atoms with van der Waals surface area (Å²) in [4.78, 5) is 23.5. The van der Waals surface area contributed by atoms with Gasteiger partial charge in [-0.25, -0.2) is 0 Å². The smallest absolute Gasteiger partial charge is 0.242 e. The van der Waals surface area contributed by atoms with E-state index in [0.717, 1.165) is 5.56 Å². The van der Waals surface area contributed by atoms with Crippen molar-refractivity contribution in [3.63, 3.8) is 0 Å². The Morgan fingerprint density at radius 2 is 1.50 bits per heavy atom. The van der Waals surface area contributed by atoms with E-state index in [2.05, 4.69) is 10.9 Å². The van der Waals surface area contributed by atoms with Crippen molar-refractivity contribution in [2.24, 2.45) is 0 Å². The summed E-state index contributed by atoms with van der Waals surface area (Å²) < 4.78 is 0. The first kappa shape index (κ1) is 16.3. The molecule has 0 saturated heterocycles. The maximum Gasteiger partial charge on any atom is 0.242 e. The standard InChI is InChI=1S/C16H14Cl2N2O2/c17-13-7-6-12(14(18)10-13)9-16(22)20-19-15(21)8-11-4-2-1-3-5-11/h1-7,10H,8-9H2,(H,19,21)(H,20,22). The van der Waals surface area contributed by atoms with E-state index in [1.165, 1.54) is 0 Å². The molecule has 0 bridgehead atoms. The molecule has 0 heterocycles. The van der Waals surface area contributed by atoms with Crippen molar-refractivity contribution in [2.75, 3.05) is 0 Å². The molecule has 2 rings (SSSR count). The van der Waals surface area contributed by atoms with Gasteiger partial charge in [0.1, 0.15) is 0 Å². The topological polar surface area (TPSA) is 58.2 Å². The summed E-state index contributed by atoms with van der Waals surface area (Å²) in [6.45, 7) is 0. The summed E-state index contributed by atoms with van der Waals surface area (Å²) in [5, 5.41) is 0.920. The van der Waals surface area contributed by atoms with E-state index in [9.17, 15) is 9.59 Å². The molecule has 0 saturated carbocycles. The van der Waals surface area contributed by atoms with Crippen LogP contribution >= 0.6 is 23.2 Å². The third-order valence-corrected chi connectivity index (χ3v) is 3.50. The fourth-order valence-electron chi connectivity index (χ4n) is 1.85. The molecule has 22 heavy (non-hydrogen) atoms. The van der Waals surface area contributed by atoms with Gasteiger partial charge in [-0.2, -0.15) is 0 Å². The highest BCUT2D eigenvalue weighted by molar-refractivity contribution is 6.35. The van der Waals surface area contributed by atoms with Crippen LogP contribution in [0.3, 0.4) is 0 Å². The normalized spacial score (nSPS) is 10.1. The third kappa shape index (κ3) is 5.06. The van der Waals surface area contributed by atoms with Crippen LogP contribution in [0, 0.1) is 0 Å². The van der Waals surface area contributed by atoms with Crippen molar-refractivity contribution >= 4 is 35.0 Å². The predicted octanol–water partition coefficient (Wildman–Crippen LogP) is 2.93. The van der Waals surface area contributed by atoms with E-state index in [1.54, 1.807) is 18.2 Å². The highest BCUT2D eigenvalue weighted by Crippen LogP contribution is 2.21. The molecule has 0 unspecified atom stereocenters. The number of hydrogen-bond acceptors (Lipinski definition) is 2. The van der Waals surface area contributed by atoms with Gasteiger partial charge in [0.05, 0.1) is 12.8 Å². The van der Waals surface area contributed by atoms with Gasteiger partial charge in [0.2, 0.25) is 11.8 Å². The van der Waals surface area contributed by atoms with Gasteiger partial charge in [-0.3, -0.25) is 20.4 Å². The Morgan fingerprint density at radius 3 is 2.14 bits per heavy atom. The maximum absolute atomic E-state index is 11.8. The van der Waals surface area contributed by atoms with Gasteiger partial charge >= 0.3 is 0 Å². The summed E-state index contributed by atoms with van der Waals surface area (Å²) in [6.07, 6.45) is 0.254. The van der Waals surface area contributed by atoms with Crippen molar-refractivity contribution in [1.29, 1.82) is 0 Å². The average Bonchev–Trinajstić information content (AvgIpc) is 2.49. The molecule has 2 amide bonds.